The fraction of sp³-hybridized carbons (Fsp3) is 0.267. The van der Waals surface area contributed by atoms with E-state index in [0.717, 1.165) is 12.8 Å². The van der Waals surface area contributed by atoms with Gasteiger partial charge in [-0.05, 0) is 38.0 Å². The Hall–Kier alpha value is -2.63. The highest BCUT2D eigenvalue weighted by atomic mass is 16.5. The van der Waals surface area contributed by atoms with E-state index < -0.39 is 0 Å². The van der Waals surface area contributed by atoms with Crippen molar-refractivity contribution in [1.82, 2.24) is 5.16 Å². The summed E-state index contributed by atoms with van der Waals surface area (Å²) in [4.78, 5) is 23.7. The molecule has 0 unspecified atom stereocenters. The molecule has 1 aliphatic rings. The minimum atomic E-state index is -0.350. The summed E-state index contributed by atoms with van der Waals surface area (Å²) >= 11 is 0. The first-order valence-corrected chi connectivity index (χ1v) is 6.77. The molecule has 1 aliphatic carbocycles. The van der Waals surface area contributed by atoms with Crippen molar-refractivity contribution in [3.63, 3.8) is 0 Å². The molecule has 2 amide bonds. The predicted octanol–water partition coefficient (Wildman–Crippen LogP) is 2.58. The third kappa shape index (κ3) is 3.28. The molecule has 0 radical (unpaired) electrons. The number of hydrogen-bond acceptors (Lipinski definition) is 4. The van der Waals surface area contributed by atoms with Gasteiger partial charge in [0.1, 0.15) is 5.76 Å². The number of anilines is 2. The summed E-state index contributed by atoms with van der Waals surface area (Å²) in [5.74, 6) is 0.398. The van der Waals surface area contributed by atoms with Gasteiger partial charge in [0.2, 0.25) is 5.91 Å². The van der Waals surface area contributed by atoms with E-state index in [1.165, 1.54) is 0 Å². The molecule has 0 saturated heterocycles. The number of carbonyl (C=O) groups excluding carboxylic acids is 2. The number of nitrogens with zero attached hydrogens (tertiary/aromatic N) is 1. The highest BCUT2D eigenvalue weighted by Crippen LogP contribution is 2.30. The summed E-state index contributed by atoms with van der Waals surface area (Å²) in [6, 6.07) is 8.58. The van der Waals surface area contributed by atoms with Crippen LogP contribution in [0.4, 0.5) is 11.4 Å². The van der Waals surface area contributed by atoms with E-state index in [9.17, 15) is 9.59 Å². The second-order valence-electron chi connectivity index (χ2n) is 5.12. The van der Waals surface area contributed by atoms with Crippen molar-refractivity contribution in [3.8, 4) is 0 Å². The standard InChI is InChI=1S/C15H15N3O3/c1-9-7-13(18-21-9)15(20)17-12-4-2-3-11(8-12)16-14(19)10-5-6-10/h2-4,7-8,10H,5-6H2,1H3,(H,16,19)(H,17,20). The van der Waals surface area contributed by atoms with Crippen molar-refractivity contribution < 1.29 is 14.1 Å². The summed E-state index contributed by atoms with van der Waals surface area (Å²) in [6.07, 6.45) is 1.90. The van der Waals surface area contributed by atoms with Gasteiger partial charge >= 0.3 is 0 Å². The topological polar surface area (TPSA) is 84.2 Å². The highest BCUT2D eigenvalue weighted by molar-refractivity contribution is 6.03. The van der Waals surface area contributed by atoms with Crippen LogP contribution in [0.15, 0.2) is 34.9 Å². The first-order valence-electron chi connectivity index (χ1n) is 6.77. The van der Waals surface area contributed by atoms with Gasteiger partial charge in [0.05, 0.1) is 0 Å². The number of amides is 2. The SMILES string of the molecule is Cc1cc(C(=O)Nc2cccc(NC(=O)C3CC3)c2)no1. The van der Waals surface area contributed by atoms with Crippen LogP contribution in [0.25, 0.3) is 0 Å². The van der Waals surface area contributed by atoms with Crippen LogP contribution >= 0.6 is 0 Å². The summed E-state index contributed by atoms with van der Waals surface area (Å²) in [5.41, 5.74) is 1.48. The van der Waals surface area contributed by atoms with Gasteiger partial charge in [-0.25, -0.2) is 0 Å². The van der Waals surface area contributed by atoms with E-state index in [2.05, 4.69) is 15.8 Å². The van der Waals surface area contributed by atoms with Crippen molar-refractivity contribution in [2.45, 2.75) is 19.8 Å². The Morgan fingerprint density at radius 3 is 2.52 bits per heavy atom. The molecule has 1 aromatic heterocycles. The van der Waals surface area contributed by atoms with E-state index >= 15 is 0 Å². The fourth-order valence-corrected chi connectivity index (χ4v) is 1.93. The van der Waals surface area contributed by atoms with E-state index in [1.54, 1.807) is 37.3 Å². The highest BCUT2D eigenvalue weighted by Gasteiger charge is 2.29. The number of nitrogens with one attached hydrogen (secondary N) is 2. The molecular formula is C15H15N3O3. The molecule has 2 aromatic rings. The Labute approximate surface area is 121 Å². The van der Waals surface area contributed by atoms with Gasteiger partial charge in [0.25, 0.3) is 5.91 Å². The van der Waals surface area contributed by atoms with Crippen molar-refractivity contribution in [2.24, 2.45) is 5.92 Å². The Balaban J connectivity index is 1.67. The summed E-state index contributed by atoms with van der Waals surface area (Å²) in [5, 5.41) is 9.21. The lowest BCUT2D eigenvalue weighted by molar-refractivity contribution is -0.117. The molecule has 108 valence electrons. The number of aromatic nitrogens is 1. The van der Waals surface area contributed by atoms with Crippen LogP contribution in [-0.4, -0.2) is 17.0 Å². The van der Waals surface area contributed by atoms with E-state index in [-0.39, 0.29) is 23.4 Å². The number of aryl methyl sites for hydroxylation is 1. The maximum absolute atomic E-state index is 12.0. The Morgan fingerprint density at radius 1 is 1.19 bits per heavy atom. The van der Waals surface area contributed by atoms with Gasteiger partial charge in [-0.2, -0.15) is 0 Å². The quantitative estimate of drug-likeness (QED) is 0.904. The Morgan fingerprint density at radius 2 is 1.90 bits per heavy atom. The molecule has 1 saturated carbocycles. The predicted molar refractivity (Wildman–Crippen MR) is 77.0 cm³/mol. The molecule has 0 aliphatic heterocycles. The molecule has 3 rings (SSSR count). The van der Waals surface area contributed by atoms with Crippen LogP contribution in [0.2, 0.25) is 0 Å². The molecule has 0 spiro atoms. The van der Waals surface area contributed by atoms with Crippen LogP contribution in [0.3, 0.4) is 0 Å². The monoisotopic (exact) mass is 285 g/mol. The molecule has 21 heavy (non-hydrogen) atoms. The molecule has 2 N–H and O–H groups in total. The molecule has 1 heterocycles. The van der Waals surface area contributed by atoms with Gasteiger partial charge < -0.3 is 15.2 Å². The van der Waals surface area contributed by atoms with Crippen molar-refractivity contribution >= 4 is 23.2 Å². The minimum absolute atomic E-state index is 0.0330. The minimum Gasteiger partial charge on any atom is -0.361 e. The largest absolute Gasteiger partial charge is 0.361 e. The number of rotatable bonds is 4. The van der Waals surface area contributed by atoms with Gasteiger partial charge in [-0.15, -0.1) is 0 Å². The van der Waals surface area contributed by atoms with Crippen molar-refractivity contribution in [3.05, 3.63) is 41.8 Å². The summed E-state index contributed by atoms with van der Waals surface area (Å²) in [7, 11) is 0. The van der Waals surface area contributed by atoms with E-state index in [4.69, 9.17) is 4.52 Å². The average molecular weight is 285 g/mol. The average Bonchev–Trinajstić information content (AvgIpc) is 3.21. The lowest BCUT2D eigenvalue weighted by atomic mass is 10.2. The maximum atomic E-state index is 12.0. The van der Waals surface area contributed by atoms with Crippen molar-refractivity contribution in [1.29, 1.82) is 0 Å². The first kappa shape index (κ1) is 13.4. The normalized spacial score (nSPS) is 13.8. The zero-order valence-electron chi connectivity index (χ0n) is 11.6. The molecule has 0 bridgehead atoms. The molecule has 1 fully saturated rings. The van der Waals surface area contributed by atoms with Crippen LogP contribution in [0.1, 0.15) is 29.1 Å². The molecular weight excluding hydrogens is 270 g/mol. The van der Waals surface area contributed by atoms with Crippen LogP contribution < -0.4 is 10.6 Å². The maximum Gasteiger partial charge on any atom is 0.277 e. The smallest absolute Gasteiger partial charge is 0.277 e. The van der Waals surface area contributed by atoms with Crippen LogP contribution in [0, 0.1) is 12.8 Å². The van der Waals surface area contributed by atoms with Gasteiger partial charge in [-0.1, -0.05) is 11.2 Å². The molecule has 0 atom stereocenters. The van der Waals surface area contributed by atoms with Gasteiger partial charge in [0.15, 0.2) is 5.69 Å². The van der Waals surface area contributed by atoms with E-state index in [1.807, 2.05) is 0 Å². The van der Waals surface area contributed by atoms with Crippen LogP contribution in [-0.2, 0) is 4.79 Å². The summed E-state index contributed by atoms with van der Waals surface area (Å²) in [6.45, 7) is 1.72. The molecule has 6 nitrogen and oxygen atoms in total. The zero-order chi connectivity index (χ0) is 14.8. The lowest BCUT2D eigenvalue weighted by Gasteiger charge is -2.07. The zero-order valence-corrected chi connectivity index (χ0v) is 11.6. The first-order chi connectivity index (χ1) is 10.1. The second kappa shape index (κ2) is 5.40. The molecule has 6 heteroatoms. The van der Waals surface area contributed by atoms with Crippen molar-refractivity contribution in [2.75, 3.05) is 10.6 Å². The number of benzene rings is 1. The lowest BCUT2D eigenvalue weighted by Crippen LogP contribution is -2.15. The fourth-order valence-electron chi connectivity index (χ4n) is 1.93. The number of carbonyl (C=O) groups is 2. The Bertz CT molecular complexity index is 689. The summed E-state index contributed by atoms with van der Waals surface area (Å²) < 4.78 is 4.87. The van der Waals surface area contributed by atoms with E-state index in [0.29, 0.717) is 17.1 Å². The Kier molecular flexibility index (Phi) is 3.43. The van der Waals surface area contributed by atoms with Gasteiger partial charge in [0, 0.05) is 23.4 Å². The third-order valence-electron chi connectivity index (χ3n) is 3.20. The molecule has 1 aromatic carbocycles. The third-order valence-corrected chi connectivity index (χ3v) is 3.20. The van der Waals surface area contributed by atoms with Gasteiger partial charge in [-0.3, -0.25) is 9.59 Å². The number of hydrogen-bond donors (Lipinski definition) is 2. The van der Waals surface area contributed by atoms with Crippen LogP contribution in [0.5, 0.6) is 0 Å². The second-order valence-corrected chi connectivity index (χ2v) is 5.12.